The Morgan fingerprint density at radius 1 is 1.67 bits per heavy atom. The van der Waals surface area contributed by atoms with Gasteiger partial charge in [0.15, 0.2) is 12.8 Å². The molecular formula is C6H6N2O+. The summed E-state index contributed by atoms with van der Waals surface area (Å²) in [6.07, 6.45) is 5.40. The first-order valence-corrected chi connectivity index (χ1v) is 2.75. The lowest BCUT2D eigenvalue weighted by molar-refractivity contribution is -0.714. The van der Waals surface area contributed by atoms with E-state index in [1.807, 2.05) is 10.8 Å². The minimum absolute atomic E-state index is 0.623. The van der Waals surface area contributed by atoms with Gasteiger partial charge >= 0.3 is 0 Å². The van der Waals surface area contributed by atoms with E-state index < -0.39 is 0 Å². The lowest BCUT2D eigenvalue weighted by Gasteiger charge is -1.83. The number of nitrogens with zero attached hydrogens (tertiary/aromatic N) is 2. The van der Waals surface area contributed by atoms with Crippen LogP contribution in [0.3, 0.4) is 0 Å². The number of rotatable bonds is 0. The predicted molar refractivity (Wildman–Crippen MR) is 28.9 cm³/mol. The molecule has 0 amide bonds. The van der Waals surface area contributed by atoms with Crippen LogP contribution in [0.1, 0.15) is 5.69 Å². The van der Waals surface area contributed by atoms with Crippen molar-refractivity contribution in [3.63, 3.8) is 0 Å². The molecule has 0 unspecified atom stereocenters. The first-order chi connectivity index (χ1) is 4.47. The van der Waals surface area contributed by atoms with Crippen LogP contribution >= 0.6 is 0 Å². The van der Waals surface area contributed by atoms with Gasteiger partial charge in [-0.25, -0.2) is 0 Å². The van der Waals surface area contributed by atoms with Crippen molar-refractivity contribution in [2.75, 3.05) is 0 Å². The Hall–Kier alpha value is -0.960. The molecule has 0 fully saturated rings. The van der Waals surface area contributed by atoms with Crippen LogP contribution in [0.15, 0.2) is 18.6 Å². The van der Waals surface area contributed by atoms with E-state index in [1.165, 1.54) is 0 Å². The monoisotopic (exact) mass is 122 g/mol. The van der Waals surface area contributed by atoms with Gasteiger partial charge in [-0.2, -0.15) is 4.57 Å². The fraction of sp³-hybridized carbons (Fsp3) is 0.167. The molecule has 3 heteroatoms. The molecule has 9 heavy (non-hydrogen) atoms. The minimum atomic E-state index is 0.623. The second kappa shape index (κ2) is 1.77. The van der Waals surface area contributed by atoms with Gasteiger partial charge in [-0.05, 0) is 0 Å². The predicted octanol–water partition coefficient (Wildman–Crippen LogP) is -0.133. The second-order valence-electron chi connectivity index (χ2n) is 1.88. The molecule has 1 aliphatic heterocycles. The number of hydrogen-bond acceptors (Lipinski definition) is 2. The van der Waals surface area contributed by atoms with Gasteiger partial charge in [-0.3, -0.25) is 4.98 Å². The standard InChI is InChI=1S/C6H6N2O/c1-2-8-5-9-4-6(8)3-7-1/h1-4H,5H2/q+1. The molecule has 0 spiro atoms. The van der Waals surface area contributed by atoms with Crippen LogP contribution in [0.4, 0.5) is 0 Å². The third-order valence-corrected chi connectivity index (χ3v) is 1.29. The SMILES string of the molecule is [CH]1OC[n+]2ccncc21. The van der Waals surface area contributed by atoms with E-state index in [1.54, 1.807) is 19.0 Å². The summed E-state index contributed by atoms with van der Waals surface area (Å²) in [5.74, 6) is 0. The normalized spacial score (nSPS) is 15.6. The van der Waals surface area contributed by atoms with E-state index in [-0.39, 0.29) is 0 Å². The maximum atomic E-state index is 5.01. The lowest BCUT2D eigenvalue weighted by atomic mass is 10.5. The number of aromatic nitrogens is 2. The van der Waals surface area contributed by atoms with Crippen LogP contribution in [0.5, 0.6) is 0 Å². The van der Waals surface area contributed by atoms with Crippen LogP contribution in [0.2, 0.25) is 0 Å². The highest BCUT2D eigenvalue weighted by atomic mass is 16.5. The molecule has 2 heterocycles. The summed E-state index contributed by atoms with van der Waals surface area (Å²) >= 11 is 0. The lowest BCUT2D eigenvalue weighted by Crippen LogP contribution is -2.32. The Balaban J connectivity index is 2.54. The first-order valence-electron chi connectivity index (χ1n) is 2.75. The highest BCUT2D eigenvalue weighted by Crippen LogP contribution is 2.00. The first kappa shape index (κ1) is 4.88. The highest BCUT2D eigenvalue weighted by Gasteiger charge is 2.17. The van der Waals surface area contributed by atoms with E-state index in [0.717, 1.165) is 5.69 Å². The molecule has 3 nitrogen and oxygen atoms in total. The highest BCUT2D eigenvalue weighted by molar-refractivity contribution is 4.96. The molecule has 0 aromatic carbocycles. The zero-order valence-corrected chi connectivity index (χ0v) is 4.82. The van der Waals surface area contributed by atoms with E-state index in [9.17, 15) is 0 Å². The largest absolute Gasteiger partial charge is 0.305 e. The van der Waals surface area contributed by atoms with E-state index >= 15 is 0 Å². The molecule has 0 N–H and O–H groups in total. The topological polar surface area (TPSA) is 26.0 Å². The summed E-state index contributed by atoms with van der Waals surface area (Å²) in [6, 6.07) is 0. The molecule has 1 radical (unpaired) electrons. The molecule has 0 saturated carbocycles. The molecule has 0 aliphatic carbocycles. The second-order valence-corrected chi connectivity index (χ2v) is 1.88. The van der Waals surface area contributed by atoms with Crippen molar-refractivity contribution in [1.82, 2.24) is 4.98 Å². The molecule has 0 bridgehead atoms. The Labute approximate surface area is 52.9 Å². The summed E-state index contributed by atoms with van der Waals surface area (Å²) in [5, 5.41) is 0. The van der Waals surface area contributed by atoms with Gasteiger partial charge in [0.1, 0.15) is 0 Å². The average Bonchev–Trinajstić information content (AvgIpc) is 2.33. The fourth-order valence-corrected chi connectivity index (χ4v) is 0.817. The zero-order valence-electron chi connectivity index (χ0n) is 4.82. The van der Waals surface area contributed by atoms with Crippen molar-refractivity contribution in [3.8, 4) is 0 Å². The van der Waals surface area contributed by atoms with E-state index in [2.05, 4.69) is 4.98 Å². The van der Waals surface area contributed by atoms with Gasteiger partial charge < -0.3 is 4.74 Å². The van der Waals surface area contributed by atoms with Crippen LogP contribution in [0.25, 0.3) is 0 Å². The molecule has 2 rings (SSSR count). The number of hydrogen-bond donors (Lipinski definition) is 0. The molecule has 45 valence electrons. The van der Waals surface area contributed by atoms with Crippen LogP contribution in [-0.2, 0) is 11.5 Å². The summed E-state index contributed by atoms with van der Waals surface area (Å²) in [5.41, 5.74) is 1.03. The quantitative estimate of drug-likeness (QED) is 0.448. The third-order valence-electron chi connectivity index (χ3n) is 1.29. The summed E-state index contributed by atoms with van der Waals surface area (Å²) in [6.45, 7) is 2.32. The van der Waals surface area contributed by atoms with Gasteiger partial charge in [0.05, 0.1) is 12.4 Å². The Bertz CT molecular complexity index is 201. The molecule has 0 saturated heterocycles. The Kier molecular flexibility index (Phi) is 0.960. The van der Waals surface area contributed by atoms with Crippen molar-refractivity contribution < 1.29 is 9.30 Å². The minimum Gasteiger partial charge on any atom is -0.305 e. The Morgan fingerprint density at radius 2 is 2.67 bits per heavy atom. The number of fused-ring (bicyclic) bond motifs is 1. The molecule has 0 atom stereocenters. The van der Waals surface area contributed by atoms with Gasteiger partial charge in [0.2, 0.25) is 5.69 Å². The van der Waals surface area contributed by atoms with Crippen molar-refractivity contribution in [2.24, 2.45) is 0 Å². The van der Waals surface area contributed by atoms with Crippen LogP contribution < -0.4 is 4.57 Å². The van der Waals surface area contributed by atoms with Gasteiger partial charge in [0, 0.05) is 0 Å². The molecule has 1 aromatic heterocycles. The van der Waals surface area contributed by atoms with Gasteiger partial charge in [0.25, 0.3) is 6.73 Å². The maximum Gasteiger partial charge on any atom is 0.253 e. The molecule has 1 aliphatic rings. The molecule has 1 aromatic rings. The van der Waals surface area contributed by atoms with Crippen LogP contribution in [0, 0.1) is 6.61 Å². The van der Waals surface area contributed by atoms with Crippen molar-refractivity contribution >= 4 is 0 Å². The maximum absolute atomic E-state index is 5.01. The smallest absolute Gasteiger partial charge is 0.253 e. The summed E-state index contributed by atoms with van der Waals surface area (Å²) < 4.78 is 6.99. The third kappa shape index (κ3) is 0.695. The van der Waals surface area contributed by atoms with Crippen LogP contribution in [-0.4, -0.2) is 4.98 Å². The number of ether oxygens (including phenoxy) is 1. The van der Waals surface area contributed by atoms with Crippen molar-refractivity contribution in [2.45, 2.75) is 6.73 Å². The van der Waals surface area contributed by atoms with Crippen molar-refractivity contribution in [3.05, 3.63) is 30.9 Å². The van der Waals surface area contributed by atoms with Crippen molar-refractivity contribution in [1.29, 1.82) is 0 Å². The Morgan fingerprint density at radius 3 is 3.56 bits per heavy atom. The summed E-state index contributed by atoms with van der Waals surface area (Å²) in [4.78, 5) is 3.92. The zero-order chi connectivity index (χ0) is 6.10. The fourth-order valence-electron chi connectivity index (χ4n) is 0.817. The average molecular weight is 122 g/mol. The van der Waals surface area contributed by atoms with E-state index in [4.69, 9.17) is 4.74 Å². The van der Waals surface area contributed by atoms with E-state index in [0.29, 0.717) is 6.73 Å². The van der Waals surface area contributed by atoms with Gasteiger partial charge in [-0.15, -0.1) is 0 Å². The van der Waals surface area contributed by atoms with Gasteiger partial charge in [-0.1, -0.05) is 0 Å². The molecular weight excluding hydrogens is 116 g/mol. The summed E-state index contributed by atoms with van der Waals surface area (Å²) in [7, 11) is 0.